The Morgan fingerprint density at radius 3 is 2.89 bits per heavy atom. The lowest BCUT2D eigenvalue weighted by molar-refractivity contribution is -0.125. The second-order valence-electron chi connectivity index (χ2n) is 8.69. The van der Waals surface area contributed by atoms with Gasteiger partial charge in [-0.15, -0.1) is 0 Å². The van der Waals surface area contributed by atoms with E-state index in [4.69, 9.17) is 14.2 Å². The Morgan fingerprint density at radius 1 is 1.24 bits per heavy atom. The minimum Gasteiger partial charge on any atom is -0.488 e. The highest BCUT2D eigenvalue weighted by molar-refractivity contribution is 5.88. The highest BCUT2D eigenvalue weighted by Crippen LogP contribution is 2.31. The molecule has 0 saturated carbocycles. The van der Waals surface area contributed by atoms with E-state index in [0.29, 0.717) is 19.6 Å². The van der Waals surface area contributed by atoms with E-state index in [2.05, 4.69) is 26.8 Å². The normalized spacial score (nSPS) is 19.3. The van der Waals surface area contributed by atoms with Gasteiger partial charge in [-0.2, -0.15) is 4.39 Å². The van der Waals surface area contributed by atoms with Crippen LogP contribution in [0, 0.1) is 17.5 Å². The number of hydrogen-bond donors (Lipinski definition) is 1. The number of benzene rings is 1. The number of ether oxygens (including phenoxy) is 3. The molecular formula is C25H24F3N5O4. The zero-order chi connectivity index (χ0) is 25.9. The lowest BCUT2D eigenvalue weighted by atomic mass is 10.2. The lowest BCUT2D eigenvalue weighted by Gasteiger charge is -2.16. The summed E-state index contributed by atoms with van der Waals surface area (Å²) in [5.74, 6) is -3.85. The fraction of sp³-hybridized carbons (Fsp3) is 0.360. The Labute approximate surface area is 210 Å². The Morgan fingerprint density at radius 2 is 2.11 bits per heavy atom. The van der Waals surface area contributed by atoms with Crippen LogP contribution < -0.4 is 14.8 Å². The molecule has 12 heteroatoms. The molecule has 0 aliphatic carbocycles. The number of pyridine rings is 1. The number of carbonyl (C=O) groups excluding carboxylic acids is 1. The number of hydrogen-bond acceptors (Lipinski definition) is 8. The molecule has 2 aromatic heterocycles. The second kappa shape index (κ2) is 10.6. The fourth-order valence-electron chi connectivity index (χ4n) is 4.26. The maximum atomic E-state index is 14.9. The van der Waals surface area contributed by atoms with E-state index < -0.39 is 23.6 Å². The summed E-state index contributed by atoms with van der Waals surface area (Å²) in [6.07, 6.45) is 3.92. The molecule has 1 aromatic carbocycles. The zero-order valence-electron chi connectivity index (χ0n) is 19.8. The standard InChI is InChI=1S/C25H24F3N5O4/c1-2-20(34)33-8-7-14(11-33)37-25-16(26)10-18-23(32-25)24(30-13-29-18)31-17-5-6-19(22(28)21(17)27)36-12-15-4-3-9-35-15/h2,5-6,10,13-15H,1,3-4,7-9,11-12H2,(H,29,30,31)/t14-,15-/m0/s1. The third-order valence-electron chi connectivity index (χ3n) is 6.19. The third-order valence-corrected chi connectivity index (χ3v) is 6.19. The number of nitrogens with one attached hydrogen (secondary N) is 1. The van der Waals surface area contributed by atoms with Crippen molar-refractivity contribution in [1.82, 2.24) is 19.9 Å². The maximum absolute atomic E-state index is 14.9. The number of amides is 1. The highest BCUT2D eigenvalue weighted by atomic mass is 19.2. The molecule has 37 heavy (non-hydrogen) atoms. The molecule has 2 saturated heterocycles. The van der Waals surface area contributed by atoms with Gasteiger partial charge >= 0.3 is 0 Å². The minimum atomic E-state index is -1.17. The summed E-state index contributed by atoms with van der Waals surface area (Å²) in [6.45, 7) is 4.91. The molecule has 1 amide bonds. The number of likely N-dealkylation sites (tertiary alicyclic amines) is 1. The summed E-state index contributed by atoms with van der Waals surface area (Å²) in [5, 5.41) is 2.70. The van der Waals surface area contributed by atoms with Gasteiger partial charge in [0, 0.05) is 25.6 Å². The number of halogens is 3. The molecule has 4 heterocycles. The molecule has 2 fully saturated rings. The molecule has 3 aromatic rings. The van der Waals surface area contributed by atoms with Crippen LogP contribution in [-0.2, 0) is 9.53 Å². The van der Waals surface area contributed by atoms with Gasteiger partial charge < -0.3 is 24.4 Å². The summed E-state index contributed by atoms with van der Waals surface area (Å²) in [7, 11) is 0. The lowest BCUT2D eigenvalue weighted by Crippen LogP contribution is -2.29. The summed E-state index contributed by atoms with van der Waals surface area (Å²) in [5.41, 5.74) is 0.00833. The first-order valence-electron chi connectivity index (χ1n) is 11.8. The Kier molecular flexibility index (Phi) is 7.08. The summed E-state index contributed by atoms with van der Waals surface area (Å²) < 4.78 is 60.8. The number of nitrogens with zero attached hydrogens (tertiary/aromatic N) is 4. The molecule has 2 aliphatic rings. The van der Waals surface area contributed by atoms with E-state index >= 15 is 0 Å². The molecule has 1 N–H and O–H groups in total. The van der Waals surface area contributed by atoms with Gasteiger partial charge in [-0.05, 0) is 31.1 Å². The van der Waals surface area contributed by atoms with Crippen LogP contribution in [0.1, 0.15) is 19.3 Å². The van der Waals surface area contributed by atoms with Gasteiger partial charge in [-0.3, -0.25) is 4.79 Å². The van der Waals surface area contributed by atoms with Gasteiger partial charge in [0.2, 0.25) is 11.7 Å². The van der Waals surface area contributed by atoms with E-state index in [0.717, 1.165) is 25.2 Å². The van der Waals surface area contributed by atoms with Crippen LogP contribution in [0.3, 0.4) is 0 Å². The third kappa shape index (κ3) is 5.29. The number of anilines is 2. The highest BCUT2D eigenvalue weighted by Gasteiger charge is 2.28. The molecule has 0 spiro atoms. The average Bonchev–Trinajstić information content (AvgIpc) is 3.59. The van der Waals surface area contributed by atoms with Crippen LogP contribution in [0.4, 0.5) is 24.7 Å². The minimum absolute atomic E-state index is 0.0241. The molecule has 2 atom stereocenters. The number of carbonyl (C=O) groups is 1. The van der Waals surface area contributed by atoms with Crippen LogP contribution in [0.25, 0.3) is 11.0 Å². The first-order valence-corrected chi connectivity index (χ1v) is 11.8. The first-order chi connectivity index (χ1) is 17.9. The SMILES string of the molecule is C=CC(=O)N1CC[C@H](Oc2nc3c(Nc4ccc(OC[C@@H]5CCCO5)c(F)c4F)ncnc3cc2F)C1. The largest absolute Gasteiger partial charge is 0.488 e. The zero-order valence-corrected chi connectivity index (χ0v) is 19.8. The molecular weight excluding hydrogens is 491 g/mol. The Balaban J connectivity index is 1.35. The van der Waals surface area contributed by atoms with Crippen molar-refractivity contribution in [3.63, 3.8) is 0 Å². The van der Waals surface area contributed by atoms with Crippen LogP contribution in [0.15, 0.2) is 37.2 Å². The Hall–Kier alpha value is -3.93. The van der Waals surface area contributed by atoms with E-state index in [-0.39, 0.29) is 59.3 Å². The Bertz CT molecular complexity index is 1340. The van der Waals surface area contributed by atoms with Gasteiger partial charge in [0.05, 0.1) is 23.9 Å². The second-order valence-corrected chi connectivity index (χ2v) is 8.69. The number of aromatic nitrogens is 3. The molecule has 9 nitrogen and oxygen atoms in total. The van der Waals surface area contributed by atoms with Crippen LogP contribution >= 0.6 is 0 Å². The maximum Gasteiger partial charge on any atom is 0.251 e. The van der Waals surface area contributed by atoms with Gasteiger partial charge in [-0.25, -0.2) is 23.7 Å². The van der Waals surface area contributed by atoms with Crippen molar-refractivity contribution in [3.8, 4) is 11.6 Å². The van der Waals surface area contributed by atoms with Crippen molar-refractivity contribution >= 4 is 28.4 Å². The predicted octanol–water partition coefficient (Wildman–Crippen LogP) is 3.91. The monoisotopic (exact) mass is 515 g/mol. The van der Waals surface area contributed by atoms with Crippen LogP contribution in [0.5, 0.6) is 11.6 Å². The van der Waals surface area contributed by atoms with E-state index in [1.807, 2.05) is 0 Å². The summed E-state index contributed by atoms with van der Waals surface area (Å²) in [6, 6.07) is 3.73. The molecule has 0 radical (unpaired) electrons. The fourth-order valence-corrected chi connectivity index (χ4v) is 4.26. The van der Waals surface area contributed by atoms with Gasteiger partial charge in [0.25, 0.3) is 5.88 Å². The topological polar surface area (TPSA) is 98.7 Å². The summed E-state index contributed by atoms with van der Waals surface area (Å²) >= 11 is 0. The molecule has 0 bridgehead atoms. The van der Waals surface area contributed by atoms with Crippen molar-refractivity contribution in [2.45, 2.75) is 31.5 Å². The summed E-state index contributed by atoms with van der Waals surface area (Å²) in [4.78, 5) is 25.6. The smallest absolute Gasteiger partial charge is 0.251 e. The molecule has 0 unspecified atom stereocenters. The molecule has 194 valence electrons. The van der Waals surface area contributed by atoms with Crippen molar-refractivity contribution in [3.05, 3.63) is 54.6 Å². The number of rotatable bonds is 8. The van der Waals surface area contributed by atoms with E-state index in [1.54, 1.807) is 0 Å². The van der Waals surface area contributed by atoms with Gasteiger partial charge in [-0.1, -0.05) is 6.58 Å². The van der Waals surface area contributed by atoms with Crippen LogP contribution in [0.2, 0.25) is 0 Å². The number of fused-ring (bicyclic) bond motifs is 1. The van der Waals surface area contributed by atoms with Crippen molar-refractivity contribution < 1.29 is 32.2 Å². The quantitative estimate of drug-likeness (QED) is 0.451. The van der Waals surface area contributed by atoms with Gasteiger partial charge in [0.1, 0.15) is 24.6 Å². The van der Waals surface area contributed by atoms with Crippen LogP contribution in [-0.4, -0.2) is 64.3 Å². The molecule has 2 aliphatic heterocycles. The van der Waals surface area contributed by atoms with Crippen molar-refractivity contribution in [2.24, 2.45) is 0 Å². The average molecular weight is 515 g/mol. The predicted molar refractivity (Wildman–Crippen MR) is 127 cm³/mol. The van der Waals surface area contributed by atoms with Crippen molar-refractivity contribution in [2.75, 3.05) is 31.6 Å². The van der Waals surface area contributed by atoms with Crippen molar-refractivity contribution in [1.29, 1.82) is 0 Å². The van der Waals surface area contributed by atoms with E-state index in [1.165, 1.54) is 23.1 Å². The first kappa shape index (κ1) is 24.8. The van der Waals surface area contributed by atoms with Gasteiger partial charge in [0.15, 0.2) is 23.2 Å². The molecule has 5 rings (SSSR count). The van der Waals surface area contributed by atoms with E-state index in [9.17, 15) is 18.0 Å².